The fourth-order valence-corrected chi connectivity index (χ4v) is 2.28. The second-order valence-corrected chi connectivity index (χ2v) is 5.23. The fourth-order valence-electron chi connectivity index (χ4n) is 0.987. The SMILES string of the molecule is O=S(=O)(Cl)C1CCCOC1F. The first-order valence-corrected chi connectivity index (χ1v) is 5.58. The predicted molar refractivity (Wildman–Crippen MR) is 38.6 cm³/mol. The largest absolute Gasteiger partial charge is 0.347 e. The molecule has 3 nitrogen and oxygen atoms in total. The van der Waals surface area contributed by atoms with Crippen LogP contribution < -0.4 is 0 Å². The van der Waals surface area contributed by atoms with Crippen LogP contribution in [0.25, 0.3) is 0 Å². The van der Waals surface area contributed by atoms with Gasteiger partial charge in [0.25, 0.3) is 0 Å². The summed E-state index contributed by atoms with van der Waals surface area (Å²) in [5.41, 5.74) is 0. The zero-order chi connectivity index (χ0) is 8.48. The van der Waals surface area contributed by atoms with Gasteiger partial charge in [0.05, 0.1) is 6.61 Å². The zero-order valence-corrected chi connectivity index (χ0v) is 7.24. The van der Waals surface area contributed by atoms with E-state index in [0.717, 1.165) is 0 Å². The summed E-state index contributed by atoms with van der Waals surface area (Å²) in [6, 6.07) is 0. The minimum atomic E-state index is -3.80. The number of rotatable bonds is 1. The van der Waals surface area contributed by atoms with Gasteiger partial charge in [0, 0.05) is 10.7 Å². The third-order valence-electron chi connectivity index (χ3n) is 1.56. The Morgan fingerprint density at radius 3 is 2.55 bits per heavy atom. The lowest BCUT2D eigenvalue weighted by Crippen LogP contribution is -2.34. The number of halogens is 2. The van der Waals surface area contributed by atoms with Crippen molar-refractivity contribution >= 4 is 19.7 Å². The van der Waals surface area contributed by atoms with Crippen molar-refractivity contribution in [1.82, 2.24) is 0 Å². The molecular formula is C5H8ClFO3S. The molecule has 1 rings (SSSR count). The van der Waals surface area contributed by atoms with Crippen molar-refractivity contribution in [2.45, 2.75) is 24.4 Å². The van der Waals surface area contributed by atoms with Gasteiger partial charge >= 0.3 is 0 Å². The molecule has 1 aliphatic rings. The molecule has 11 heavy (non-hydrogen) atoms. The van der Waals surface area contributed by atoms with Gasteiger partial charge < -0.3 is 4.74 Å². The molecule has 1 heterocycles. The van der Waals surface area contributed by atoms with Gasteiger partial charge in [-0.2, -0.15) is 0 Å². The maximum atomic E-state index is 12.7. The van der Waals surface area contributed by atoms with Crippen molar-refractivity contribution in [1.29, 1.82) is 0 Å². The molecule has 1 aliphatic heterocycles. The lowest BCUT2D eigenvalue weighted by molar-refractivity contribution is -0.0640. The van der Waals surface area contributed by atoms with Gasteiger partial charge in [-0.05, 0) is 12.8 Å². The number of ether oxygens (including phenoxy) is 1. The van der Waals surface area contributed by atoms with Crippen LogP contribution in [0.3, 0.4) is 0 Å². The molecule has 0 bridgehead atoms. The Labute approximate surface area is 68.9 Å². The summed E-state index contributed by atoms with van der Waals surface area (Å²) in [7, 11) is 1.16. The van der Waals surface area contributed by atoms with Crippen LogP contribution in [-0.4, -0.2) is 26.6 Å². The molecule has 0 radical (unpaired) electrons. The van der Waals surface area contributed by atoms with Crippen molar-refractivity contribution in [3.05, 3.63) is 0 Å². The molecule has 0 aliphatic carbocycles. The highest BCUT2D eigenvalue weighted by Gasteiger charge is 2.35. The highest BCUT2D eigenvalue weighted by Crippen LogP contribution is 2.24. The van der Waals surface area contributed by atoms with E-state index in [4.69, 9.17) is 10.7 Å². The van der Waals surface area contributed by atoms with Crippen LogP contribution in [0.15, 0.2) is 0 Å². The molecule has 2 unspecified atom stereocenters. The van der Waals surface area contributed by atoms with Gasteiger partial charge in [0.1, 0.15) is 5.25 Å². The molecule has 0 aromatic carbocycles. The summed E-state index contributed by atoms with van der Waals surface area (Å²) in [6.07, 6.45) is -0.976. The standard InChI is InChI=1S/C5H8ClFO3S/c6-11(8,9)4-2-1-3-10-5(4)7/h4-5H,1-3H2. The van der Waals surface area contributed by atoms with E-state index in [2.05, 4.69) is 4.74 Å². The summed E-state index contributed by atoms with van der Waals surface area (Å²) in [6.45, 7) is 0.268. The lowest BCUT2D eigenvalue weighted by Gasteiger charge is -2.22. The van der Waals surface area contributed by atoms with Crippen LogP contribution in [0.5, 0.6) is 0 Å². The number of hydrogen-bond acceptors (Lipinski definition) is 3. The molecule has 0 N–H and O–H groups in total. The molecule has 0 amide bonds. The average Bonchev–Trinajstić information content (AvgIpc) is 1.86. The first-order chi connectivity index (χ1) is 5.02. The topological polar surface area (TPSA) is 43.4 Å². The van der Waals surface area contributed by atoms with Crippen LogP contribution in [0.2, 0.25) is 0 Å². The Hall–Kier alpha value is 0.130. The molecule has 1 fully saturated rings. The van der Waals surface area contributed by atoms with Crippen molar-refractivity contribution in [3.8, 4) is 0 Å². The van der Waals surface area contributed by atoms with Gasteiger partial charge in [0.15, 0.2) is 0 Å². The van der Waals surface area contributed by atoms with E-state index in [1.165, 1.54) is 0 Å². The second kappa shape index (κ2) is 3.25. The fraction of sp³-hybridized carbons (Fsp3) is 1.00. The van der Waals surface area contributed by atoms with Gasteiger partial charge in [-0.3, -0.25) is 0 Å². The van der Waals surface area contributed by atoms with E-state index in [1.807, 2.05) is 0 Å². The van der Waals surface area contributed by atoms with Crippen molar-refractivity contribution in [2.24, 2.45) is 0 Å². The second-order valence-electron chi connectivity index (χ2n) is 2.38. The highest BCUT2D eigenvalue weighted by molar-refractivity contribution is 8.14. The Balaban J connectivity index is 2.70. The molecule has 0 saturated carbocycles. The highest BCUT2D eigenvalue weighted by atomic mass is 35.7. The third kappa shape index (κ3) is 2.28. The molecular weight excluding hydrogens is 195 g/mol. The normalized spacial score (nSPS) is 33.6. The molecule has 0 aromatic rings. The minimum absolute atomic E-state index is 0.243. The molecule has 6 heteroatoms. The summed E-state index contributed by atoms with van der Waals surface area (Å²) >= 11 is 0. The minimum Gasteiger partial charge on any atom is -0.347 e. The van der Waals surface area contributed by atoms with Crippen LogP contribution >= 0.6 is 10.7 Å². The molecule has 1 saturated heterocycles. The maximum absolute atomic E-state index is 12.7. The number of alkyl halides is 1. The summed E-state index contributed by atoms with van der Waals surface area (Å²) < 4.78 is 38.4. The van der Waals surface area contributed by atoms with E-state index < -0.39 is 20.7 Å². The molecule has 2 atom stereocenters. The predicted octanol–water partition coefficient (Wildman–Crippen LogP) is 1.03. The zero-order valence-electron chi connectivity index (χ0n) is 5.66. The Morgan fingerprint density at radius 1 is 1.55 bits per heavy atom. The van der Waals surface area contributed by atoms with E-state index >= 15 is 0 Å². The molecule has 0 spiro atoms. The van der Waals surface area contributed by atoms with E-state index in [1.54, 1.807) is 0 Å². The molecule has 0 aromatic heterocycles. The van der Waals surface area contributed by atoms with Crippen molar-refractivity contribution < 1.29 is 17.5 Å². The summed E-state index contributed by atoms with van der Waals surface area (Å²) in [5, 5.41) is -1.18. The lowest BCUT2D eigenvalue weighted by atomic mass is 10.2. The van der Waals surface area contributed by atoms with Gasteiger partial charge in [-0.25, -0.2) is 12.8 Å². The maximum Gasteiger partial charge on any atom is 0.240 e. The van der Waals surface area contributed by atoms with Crippen molar-refractivity contribution in [3.63, 3.8) is 0 Å². The van der Waals surface area contributed by atoms with Crippen molar-refractivity contribution in [2.75, 3.05) is 6.61 Å². The molecule has 66 valence electrons. The Bertz CT molecular complexity index is 228. The van der Waals surface area contributed by atoms with Gasteiger partial charge in [-0.15, -0.1) is 0 Å². The van der Waals surface area contributed by atoms with E-state index in [9.17, 15) is 12.8 Å². The van der Waals surface area contributed by atoms with E-state index in [-0.39, 0.29) is 13.0 Å². The first-order valence-electron chi connectivity index (χ1n) is 3.21. The average molecular weight is 203 g/mol. The van der Waals surface area contributed by atoms with Crippen LogP contribution in [0.4, 0.5) is 4.39 Å². The number of hydrogen-bond donors (Lipinski definition) is 0. The van der Waals surface area contributed by atoms with Crippen LogP contribution in [0.1, 0.15) is 12.8 Å². The van der Waals surface area contributed by atoms with Crippen LogP contribution in [0, 0.1) is 0 Å². The Morgan fingerprint density at radius 2 is 2.18 bits per heavy atom. The third-order valence-corrected chi connectivity index (χ3v) is 3.42. The van der Waals surface area contributed by atoms with Crippen LogP contribution in [-0.2, 0) is 13.8 Å². The summed E-state index contributed by atoms with van der Waals surface area (Å²) in [5.74, 6) is 0. The van der Waals surface area contributed by atoms with Gasteiger partial charge in [-0.1, -0.05) is 0 Å². The first kappa shape index (κ1) is 9.22. The van der Waals surface area contributed by atoms with Gasteiger partial charge in [0.2, 0.25) is 15.4 Å². The Kier molecular flexibility index (Phi) is 2.72. The quantitative estimate of drug-likeness (QED) is 0.597. The smallest absolute Gasteiger partial charge is 0.240 e. The monoisotopic (exact) mass is 202 g/mol. The summed E-state index contributed by atoms with van der Waals surface area (Å²) in [4.78, 5) is 0. The van der Waals surface area contributed by atoms with E-state index in [0.29, 0.717) is 6.42 Å².